The summed E-state index contributed by atoms with van der Waals surface area (Å²) in [5, 5.41) is 0. The summed E-state index contributed by atoms with van der Waals surface area (Å²) < 4.78 is 22.8. The normalized spacial score (nSPS) is 10.5. The average Bonchev–Trinajstić information content (AvgIpc) is 2.28. The van der Waals surface area contributed by atoms with Gasteiger partial charge >= 0.3 is 5.97 Å². The molecule has 0 aliphatic rings. The van der Waals surface area contributed by atoms with Crippen LogP contribution >= 0.6 is 0 Å². The minimum Gasteiger partial charge on any atom is -0.497 e. The van der Waals surface area contributed by atoms with E-state index < -0.39 is 0 Å². The van der Waals surface area contributed by atoms with E-state index in [0.717, 1.165) is 0 Å². The van der Waals surface area contributed by atoms with Crippen molar-refractivity contribution in [2.75, 3.05) is 13.7 Å². The fraction of sp³-hybridized carbons (Fsp3) is 0.308. The number of rotatable bonds is 5. The molecule has 4 heteroatoms. The largest absolute Gasteiger partial charge is 0.497 e. The molecule has 1 aromatic carbocycles. The van der Waals surface area contributed by atoms with Crippen LogP contribution in [0.3, 0.4) is 0 Å². The van der Waals surface area contributed by atoms with Crippen molar-refractivity contribution in [3.05, 3.63) is 35.7 Å². The van der Waals surface area contributed by atoms with Crippen molar-refractivity contribution < 1.29 is 18.7 Å². The van der Waals surface area contributed by atoms with Crippen molar-refractivity contribution in [1.29, 1.82) is 0 Å². The van der Waals surface area contributed by atoms with Crippen molar-refractivity contribution in [2.45, 2.75) is 13.3 Å². The first-order valence-electron chi connectivity index (χ1n) is 5.32. The van der Waals surface area contributed by atoms with Gasteiger partial charge in [-0.05, 0) is 24.6 Å². The topological polar surface area (TPSA) is 35.5 Å². The van der Waals surface area contributed by atoms with Gasteiger partial charge in [0.2, 0.25) is 0 Å². The second kappa shape index (κ2) is 6.68. The van der Waals surface area contributed by atoms with Gasteiger partial charge in [0.1, 0.15) is 11.6 Å². The van der Waals surface area contributed by atoms with E-state index in [4.69, 9.17) is 9.47 Å². The average molecular weight is 238 g/mol. The van der Waals surface area contributed by atoms with Gasteiger partial charge in [-0.2, -0.15) is 0 Å². The number of halogens is 1. The molecule has 0 atom stereocenters. The maximum absolute atomic E-state index is 13.1. The summed E-state index contributed by atoms with van der Waals surface area (Å²) in [7, 11) is 1.47. The van der Waals surface area contributed by atoms with Crippen LogP contribution in [0.4, 0.5) is 4.39 Å². The Balaban J connectivity index is 2.64. The van der Waals surface area contributed by atoms with Crippen LogP contribution < -0.4 is 4.74 Å². The number of esters is 1. The number of hydrogen-bond donors (Lipinski definition) is 0. The number of carbonyl (C=O) groups excluding carboxylic acids is 1. The van der Waals surface area contributed by atoms with E-state index in [2.05, 4.69) is 0 Å². The lowest BCUT2D eigenvalue weighted by Gasteiger charge is -2.01. The molecule has 0 bridgehead atoms. The highest BCUT2D eigenvalue weighted by molar-refractivity contribution is 5.72. The van der Waals surface area contributed by atoms with E-state index in [0.29, 0.717) is 17.9 Å². The third-order valence-electron chi connectivity index (χ3n) is 2.03. The van der Waals surface area contributed by atoms with Gasteiger partial charge in [-0.15, -0.1) is 0 Å². The summed E-state index contributed by atoms with van der Waals surface area (Å²) in [5.74, 6) is -0.229. The highest BCUT2D eigenvalue weighted by Gasteiger charge is 1.99. The van der Waals surface area contributed by atoms with E-state index in [-0.39, 0.29) is 18.2 Å². The molecule has 0 heterocycles. The quantitative estimate of drug-likeness (QED) is 0.740. The van der Waals surface area contributed by atoms with Crippen LogP contribution in [0, 0.1) is 5.82 Å². The van der Waals surface area contributed by atoms with Crippen molar-refractivity contribution in [2.24, 2.45) is 0 Å². The van der Waals surface area contributed by atoms with Crippen LogP contribution in [0.15, 0.2) is 24.3 Å². The van der Waals surface area contributed by atoms with E-state index in [1.165, 1.54) is 19.2 Å². The molecule has 1 rings (SSSR count). The van der Waals surface area contributed by atoms with Crippen molar-refractivity contribution in [3.8, 4) is 5.75 Å². The fourth-order valence-electron chi connectivity index (χ4n) is 1.31. The van der Waals surface area contributed by atoms with Crippen LogP contribution in [0.1, 0.15) is 18.9 Å². The van der Waals surface area contributed by atoms with Gasteiger partial charge in [-0.3, -0.25) is 4.79 Å². The lowest BCUT2D eigenvalue weighted by molar-refractivity contribution is -0.142. The molecule has 1 aromatic rings. The van der Waals surface area contributed by atoms with Gasteiger partial charge in [0.15, 0.2) is 0 Å². The summed E-state index contributed by atoms with van der Waals surface area (Å²) in [6, 6.07) is 4.34. The van der Waals surface area contributed by atoms with Crippen molar-refractivity contribution in [1.82, 2.24) is 0 Å². The summed E-state index contributed by atoms with van der Waals surface area (Å²) in [5.41, 5.74) is 0.645. The lowest BCUT2D eigenvalue weighted by Crippen LogP contribution is -2.01. The van der Waals surface area contributed by atoms with Crippen LogP contribution in [-0.4, -0.2) is 19.7 Å². The van der Waals surface area contributed by atoms with Gasteiger partial charge in [0.05, 0.1) is 20.1 Å². The highest BCUT2D eigenvalue weighted by atomic mass is 19.1. The Morgan fingerprint density at radius 3 is 2.82 bits per heavy atom. The smallest absolute Gasteiger partial charge is 0.309 e. The predicted octanol–water partition coefficient (Wildman–Crippen LogP) is 2.80. The van der Waals surface area contributed by atoms with E-state index in [1.54, 1.807) is 25.1 Å². The second-order valence-corrected chi connectivity index (χ2v) is 3.34. The molecule has 0 radical (unpaired) electrons. The lowest BCUT2D eigenvalue weighted by atomic mass is 10.2. The Morgan fingerprint density at radius 1 is 1.41 bits per heavy atom. The maximum atomic E-state index is 13.1. The van der Waals surface area contributed by atoms with Crippen LogP contribution in [0.2, 0.25) is 0 Å². The predicted molar refractivity (Wildman–Crippen MR) is 63.2 cm³/mol. The highest BCUT2D eigenvalue weighted by Crippen LogP contribution is 2.17. The molecule has 0 aliphatic carbocycles. The van der Waals surface area contributed by atoms with E-state index >= 15 is 0 Å². The first kappa shape index (κ1) is 13.2. The molecule has 0 saturated carbocycles. The fourth-order valence-corrected chi connectivity index (χ4v) is 1.31. The Kier molecular flexibility index (Phi) is 5.20. The molecule has 17 heavy (non-hydrogen) atoms. The molecule has 0 saturated heterocycles. The summed E-state index contributed by atoms with van der Waals surface area (Å²) in [4.78, 5) is 11.1. The van der Waals surface area contributed by atoms with Gasteiger partial charge in [0.25, 0.3) is 0 Å². The Labute approximate surface area is 99.9 Å². The van der Waals surface area contributed by atoms with Crippen LogP contribution in [0.5, 0.6) is 5.75 Å². The molecular weight excluding hydrogens is 223 g/mol. The zero-order valence-corrected chi connectivity index (χ0v) is 9.90. The third kappa shape index (κ3) is 4.68. The molecule has 0 unspecified atom stereocenters. The molecule has 0 N–H and O–H groups in total. The molecule has 3 nitrogen and oxygen atoms in total. The van der Waals surface area contributed by atoms with Gasteiger partial charge in [0, 0.05) is 6.07 Å². The maximum Gasteiger partial charge on any atom is 0.309 e. The Hall–Kier alpha value is -1.84. The standard InChI is InChI=1S/C13H15FO3/c1-3-17-13(15)6-4-5-10-7-11(14)9-12(8-10)16-2/h4-5,7-9H,3,6H2,1-2H3. The first-order chi connectivity index (χ1) is 8.15. The summed E-state index contributed by atoms with van der Waals surface area (Å²) >= 11 is 0. The molecule has 0 aromatic heterocycles. The number of ether oxygens (including phenoxy) is 2. The second-order valence-electron chi connectivity index (χ2n) is 3.34. The molecule has 92 valence electrons. The zero-order valence-electron chi connectivity index (χ0n) is 9.90. The van der Waals surface area contributed by atoms with Crippen molar-refractivity contribution >= 4 is 12.0 Å². The molecular formula is C13H15FO3. The zero-order chi connectivity index (χ0) is 12.7. The Bertz CT molecular complexity index is 413. The number of benzene rings is 1. The summed E-state index contributed by atoms with van der Waals surface area (Å²) in [6.45, 7) is 2.11. The van der Waals surface area contributed by atoms with Crippen LogP contribution in [0.25, 0.3) is 6.08 Å². The molecule has 0 amide bonds. The minimum atomic E-state index is -0.375. The molecule has 0 spiro atoms. The molecule has 0 fully saturated rings. The molecule has 0 aliphatic heterocycles. The van der Waals surface area contributed by atoms with Crippen molar-refractivity contribution in [3.63, 3.8) is 0 Å². The van der Waals surface area contributed by atoms with Gasteiger partial charge in [-0.25, -0.2) is 4.39 Å². The minimum absolute atomic E-state index is 0.173. The summed E-state index contributed by atoms with van der Waals surface area (Å²) in [6.07, 6.45) is 3.46. The number of hydrogen-bond acceptors (Lipinski definition) is 3. The third-order valence-corrected chi connectivity index (χ3v) is 2.03. The SMILES string of the molecule is CCOC(=O)CC=Cc1cc(F)cc(OC)c1. The van der Waals surface area contributed by atoms with Crippen LogP contribution in [-0.2, 0) is 9.53 Å². The van der Waals surface area contributed by atoms with Gasteiger partial charge < -0.3 is 9.47 Å². The van der Waals surface area contributed by atoms with E-state index in [1.807, 2.05) is 0 Å². The van der Waals surface area contributed by atoms with Gasteiger partial charge in [-0.1, -0.05) is 12.2 Å². The van der Waals surface area contributed by atoms with E-state index in [9.17, 15) is 9.18 Å². The number of methoxy groups -OCH3 is 1. The first-order valence-corrected chi connectivity index (χ1v) is 5.32. The number of carbonyl (C=O) groups is 1. The Morgan fingerprint density at radius 2 is 2.18 bits per heavy atom. The monoisotopic (exact) mass is 238 g/mol.